The SMILES string of the molecule is CCN(Cc1ccncc1)C(=O)C1CCN(C2CCN(C(=O)C3CCOCC3)CC2)CC1. The Labute approximate surface area is 192 Å². The zero-order valence-electron chi connectivity index (χ0n) is 19.5. The molecule has 3 aliphatic rings. The van der Waals surface area contributed by atoms with E-state index in [9.17, 15) is 9.59 Å². The van der Waals surface area contributed by atoms with Gasteiger partial charge in [0.15, 0.2) is 0 Å². The Kier molecular flexibility index (Phi) is 8.14. The molecule has 0 aromatic carbocycles. The van der Waals surface area contributed by atoms with Gasteiger partial charge in [-0.25, -0.2) is 0 Å². The molecule has 0 N–H and O–H groups in total. The molecule has 32 heavy (non-hydrogen) atoms. The summed E-state index contributed by atoms with van der Waals surface area (Å²) in [6, 6.07) is 4.51. The summed E-state index contributed by atoms with van der Waals surface area (Å²) in [5, 5.41) is 0. The first-order valence-electron chi connectivity index (χ1n) is 12.4. The third-order valence-electron chi connectivity index (χ3n) is 7.56. The highest BCUT2D eigenvalue weighted by Crippen LogP contribution is 2.27. The monoisotopic (exact) mass is 442 g/mol. The average Bonchev–Trinajstić information content (AvgIpc) is 2.88. The number of ether oxygens (including phenoxy) is 1. The number of rotatable bonds is 6. The standard InChI is InChI=1S/C25H38N4O3/c1-2-27(19-20-3-11-26-12-4-20)24(30)21-5-13-28(14-6-21)23-7-15-29(16-8-23)25(31)22-9-17-32-18-10-22/h3-4,11-12,21-23H,2,5-10,13-19H2,1H3. The van der Waals surface area contributed by atoms with Gasteiger partial charge in [0.05, 0.1) is 0 Å². The number of hydrogen-bond donors (Lipinski definition) is 0. The molecule has 0 radical (unpaired) electrons. The molecule has 0 spiro atoms. The van der Waals surface area contributed by atoms with E-state index in [2.05, 4.69) is 21.7 Å². The Morgan fingerprint density at radius 3 is 2.25 bits per heavy atom. The number of carbonyl (C=O) groups excluding carboxylic acids is 2. The van der Waals surface area contributed by atoms with Crippen LogP contribution in [-0.2, 0) is 20.9 Å². The maximum absolute atomic E-state index is 13.1. The van der Waals surface area contributed by atoms with Gasteiger partial charge in [-0.1, -0.05) is 0 Å². The van der Waals surface area contributed by atoms with Crippen molar-refractivity contribution in [1.29, 1.82) is 0 Å². The summed E-state index contributed by atoms with van der Waals surface area (Å²) in [6.45, 7) is 8.62. The smallest absolute Gasteiger partial charge is 0.226 e. The normalized spacial score (nSPS) is 22.1. The van der Waals surface area contributed by atoms with Crippen LogP contribution in [-0.4, -0.2) is 83.5 Å². The first-order valence-corrected chi connectivity index (χ1v) is 12.4. The van der Waals surface area contributed by atoms with E-state index in [0.29, 0.717) is 24.4 Å². The van der Waals surface area contributed by atoms with E-state index in [1.165, 1.54) is 0 Å². The van der Waals surface area contributed by atoms with E-state index in [1.54, 1.807) is 12.4 Å². The van der Waals surface area contributed by atoms with Gasteiger partial charge in [0.25, 0.3) is 0 Å². The molecule has 176 valence electrons. The van der Waals surface area contributed by atoms with E-state index in [4.69, 9.17) is 4.74 Å². The molecule has 3 fully saturated rings. The summed E-state index contributed by atoms with van der Waals surface area (Å²) < 4.78 is 5.40. The Hall–Kier alpha value is -1.99. The number of aromatic nitrogens is 1. The summed E-state index contributed by atoms with van der Waals surface area (Å²) in [7, 11) is 0. The van der Waals surface area contributed by atoms with Gasteiger partial charge in [-0.3, -0.25) is 14.6 Å². The fourth-order valence-electron chi connectivity index (χ4n) is 5.48. The van der Waals surface area contributed by atoms with Crippen molar-refractivity contribution in [2.45, 2.75) is 58.0 Å². The molecule has 1 aromatic rings. The summed E-state index contributed by atoms with van der Waals surface area (Å²) in [5.41, 5.74) is 1.13. The number of pyridine rings is 1. The Bertz CT molecular complexity index is 737. The highest BCUT2D eigenvalue weighted by atomic mass is 16.5. The quantitative estimate of drug-likeness (QED) is 0.677. The number of carbonyl (C=O) groups is 2. The molecule has 3 saturated heterocycles. The molecule has 4 rings (SSSR count). The van der Waals surface area contributed by atoms with E-state index in [1.807, 2.05) is 17.0 Å². The van der Waals surface area contributed by atoms with Gasteiger partial charge in [0.2, 0.25) is 11.8 Å². The summed E-state index contributed by atoms with van der Waals surface area (Å²) in [6.07, 6.45) is 9.29. The molecular weight excluding hydrogens is 404 g/mol. The molecule has 0 atom stereocenters. The molecular formula is C25H38N4O3. The van der Waals surface area contributed by atoms with Crippen LogP contribution in [0.5, 0.6) is 0 Å². The minimum atomic E-state index is 0.128. The fourth-order valence-corrected chi connectivity index (χ4v) is 5.48. The van der Waals surface area contributed by atoms with Crippen LogP contribution in [0.25, 0.3) is 0 Å². The third-order valence-corrected chi connectivity index (χ3v) is 7.56. The van der Waals surface area contributed by atoms with Gasteiger partial charge in [-0.2, -0.15) is 0 Å². The Balaban J connectivity index is 1.21. The van der Waals surface area contributed by atoms with E-state index in [0.717, 1.165) is 90.0 Å². The predicted octanol–water partition coefficient (Wildman–Crippen LogP) is 2.56. The zero-order chi connectivity index (χ0) is 22.3. The second-order valence-corrected chi connectivity index (χ2v) is 9.46. The maximum Gasteiger partial charge on any atom is 0.226 e. The molecule has 0 saturated carbocycles. The van der Waals surface area contributed by atoms with Gasteiger partial charge in [0.1, 0.15) is 0 Å². The minimum absolute atomic E-state index is 0.128. The van der Waals surface area contributed by atoms with Crippen LogP contribution < -0.4 is 0 Å². The molecule has 2 amide bonds. The van der Waals surface area contributed by atoms with Crippen molar-refractivity contribution >= 4 is 11.8 Å². The molecule has 0 unspecified atom stereocenters. The molecule has 7 heteroatoms. The first-order chi connectivity index (χ1) is 15.7. The molecule has 4 heterocycles. The molecule has 0 aliphatic carbocycles. The lowest BCUT2D eigenvalue weighted by Crippen LogP contribution is -2.51. The largest absolute Gasteiger partial charge is 0.381 e. The molecule has 7 nitrogen and oxygen atoms in total. The Morgan fingerprint density at radius 2 is 1.62 bits per heavy atom. The second-order valence-electron chi connectivity index (χ2n) is 9.46. The van der Waals surface area contributed by atoms with Gasteiger partial charge in [-0.05, 0) is 76.2 Å². The summed E-state index contributed by atoms with van der Waals surface area (Å²) in [4.78, 5) is 36.6. The van der Waals surface area contributed by atoms with Gasteiger partial charge in [0, 0.05) is 69.7 Å². The summed E-state index contributed by atoms with van der Waals surface area (Å²) >= 11 is 0. The fraction of sp³-hybridized carbons (Fsp3) is 0.720. The van der Waals surface area contributed by atoms with Crippen molar-refractivity contribution in [1.82, 2.24) is 19.7 Å². The van der Waals surface area contributed by atoms with Gasteiger partial charge >= 0.3 is 0 Å². The van der Waals surface area contributed by atoms with Crippen LogP contribution in [0.3, 0.4) is 0 Å². The van der Waals surface area contributed by atoms with Gasteiger partial charge in [-0.15, -0.1) is 0 Å². The molecule has 0 bridgehead atoms. The van der Waals surface area contributed by atoms with Crippen molar-refractivity contribution in [3.63, 3.8) is 0 Å². The van der Waals surface area contributed by atoms with Crippen LogP contribution >= 0.6 is 0 Å². The van der Waals surface area contributed by atoms with Gasteiger partial charge < -0.3 is 19.4 Å². The van der Waals surface area contributed by atoms with Crippen molar-refractivity contribution in [2.75, 3.05) is 45.9 Å². The lowest BCUT2D eigenvalue weighted by atomic mass is 9.91. The average molecular weight is 443 g/mol. The topological polar surface area (TPSA) is 66.0 Å². The van der Waals surface area contributed by atoms with Crippen molar-refractivity contribution in [3.8, 4) is 0 Å². The number of hydrogen-bond acceptors (Lipinski definition) is 5. The third kappa shape index (κ3) is 5.67. The maximum atomic E-state index is 13.1. The van der Waals surface area contributed by atoms with E-state index in [-0.39, 0.29) is 11.8 Å². The van der Waals surface area contributed by atoms with Crippen LogP contribution in [0.2, 0.25) is 0 Å². The van der Waals surface area contributed by atoms with E-state index >= 15 is 0 Å². The highest BCUT2D eigenvalue weighted by molar-refractivity contribution is 5.79. The number of piperidine rings is 2. The zero-order valence-corrected chi connectivity index (χ0v) is 19.5. The number of amides is 2. The Morgan fingerprint density at radius 1 is 0.969 bits per heavy atom. The lowest BCUT2D eigenvalue weighted by Gasteiger charge is -2.42. The van der Waals surface area contributed by atoms with Crippen LogP contribution in [0.4, 0.5) is 0 Å². The van der Waals surface area contributed by atoms with Crippen LogP contribution in [0, 0.1) is 11.8 Å². The highest BCUT2D eigenvalue weighted by Gasteiger charge is 2.34. The number of likely N-dealkylation sites (tertiary alicyclic amines) is 2. The molecule has 3 aliphatic heterocycles. The van der Waals surface area contributed by atoms with Crippen LogP contribution in [0.15, 0.2) is 24.5 Å². The second kappa shape index (κ2) is 11.2. The minimum Gasteiger partial charge on any atom is -0.381 e. The van der Waals surface area contributed by atoms with Crippen molar-refractivity contribution in [2.24, 2.45) is 11.8 Å². The van der Waals surface area contributed by atoms with E-state index < -0.39 is 0 Å². The van der Waals surface area contributed by atoms with Crippen molar-refractivity contribution in [3.05, 3.63) is 30.1 Å². The van der Waals surface area contributed by atoms with Crippen molar-refractivity contribution < 1.29 is 14.3 Å². The number of nitrogens with zero attached hydrogens (tertiary/aromatic N) is 4. The summed E-state index contributed by atoms with van der Waals surface area (Å²) in [5.74, 6) is 0.921. The predicted molar refractivity (Wildman–Crippen MR) is 123 cm³/mol. The first kappa shape index (κ1) is 23.2. The molecule has 1 aromatic heterocycles. The van der Waals surface area contributed by atoms with Crippen LogP contribution in [0.1, 0.15) is 51.0 Å². The lowest BCUT2D eigenvalue weighted by molar-refractivity contribution is -0.141.